The normalized spacial score (nSPS) is 17.0. The third kappa shape index (κ3) is 8.98. The summed E-state index contributed by atoms with van der Waals surface area (Å²) in [6.07, 6.45) is -16.4. The predicted molar refractivity (Wildman–Crippen MR) is 231 cm³/mol. The molecular formula is C53H39IrN4O. The van der Waals surface area contributed by atoms with Crippen LogP contribution in [-0.4, -0.2) is 15.0 Å². The van der Waals surface area contributed by atoms with E-state index in [1.54, 1.807) is 54.6 Å². The van der Waals surface area contributed by atoms with Gasteiger partial charge in [0.05, 0.1) is 20.0 Å². The minimum Gasteiger partial charge on any atom is -0.501 e. The minimum absolute atomic E-state index is 0. The van der Waals surface area contributed by atoms with E-state index in [1.165, 1.54) is 36.4 Å². The van der Waals surface area contributed by atoms with Crippen molar-refractivity contribution in [1.29, 1.82) is 5.26 Å². The molecule has 286 valence electrons. The summed E-state index contributed by atoms with van der Waals surface area (Å²) in [5, 5.41) is 10.3. The van der Waals surface area contributed by atoms with E-state index in [-0.39, 0.29) is 71.3 Å². The fourth-order valence-corrected chi connectivity index (χ4v) is 6.19. The fourth-order valence-electron chi connectivity index (χ4n) is 6.19. The Labute approximate surface area is 382 Å². The van der Waals surface area contributed by atoms with Gasteiger partial charge < -0.3 is 19.4 Å². The second kappa shape index (κ2) is 18.0. The van der Waals surface area contributed by atoms with E-state index in [0.717, 1.165) is 42.9 Å². The number of furan rings is 1. The minimum atomic E-state index is -3.46. The first-order valence-corrected chi connectivity index (χ1v) is 18.0. The van der Waals surface area contributed by atoms with Crippen LogP contribution in [-0.2, 0) is 58.3 Å². The number of aromatic nitrogens is 3. The molecule has 9 rings (SSSR count). The van der Waals surface area contributed by atoms with Crippen LogP contribution in [0.1, 0.15) is 67.8 Å². The van der Waals surface area contributed by atoms with Gasteiger partial charge in [-0.3, -0.25) is 0 Å². The Morgan fingerprint density at radius 3 is 1.81 bits per heavy atom. The summed E-state index contributed by atoms with van der Waals surface area (Å²) in [6, 6.07) is 37.3. The number of rotatable bonds is 12. The summed E-state index contributed by atoms with van der Waals surface area (Å²) in [5.41, 5.74) is -2.76. The predicted octanol–water partition coefficient (Wildman–Crippen LogP) is 11.7. The van der Waals surface area contributed by atoms with Crippen LogP contribution in [0.4, 0.5) is 0 Å². The second-order valence-corrected chi connectivity index (χ2v) is 12.9. The zero-order valence-corrected chi connectivity index (χ0v) is 33.1. The molecule has 0 saturated heterocycles. The van der Waals surface area contributed by atoms with Crippen molar-refractivity contribution < 1.29 is 47.8 Å². The average Bonchev–Trinajstić information content (AvgIpc) is 3.83. The van der Waals surface area contributed by atoms with Crippen LogP contribution in [0.2, 0.25) is 0 Å². The molecule has 0 aliphatic carbocycles. The molecule has 0 bridgehead atoms. The first-order valence-electron chi connectivity index (χ1n) is 26.5. The zero-order chi connectivity index (χ0) is 54.3. The maximum Gasteiger partial charge on any atom is 3.00 e. The van der Waals surface area contributed by atoms with Crippen molar-refractivity contribution >= 4 is 21.9 Å². The monoisotopic (exact) mass is 957 g/mol. The Bertz CT molecular complexity index is 3570. The Balaban J connectivity index is 0.00000765. The molecule has 4 aromatic heterocycles. The van der Waals surface area contributed by atoms with Crippen molar-refractivity contribution in [3.8, 4) is 39.8 Å². The molecule has 0 fully saturated rings. The molecule has 4 heterocycles. The standard InChI is InChI=1S/C53H39N4O.Ir/c1-36-27-51(48-14-8-13-47-46-24-20-42(32-54)31-52(46)58-53(47)48)57-35-45(36)23-19-41-29-39(17-15-37-21-25-49(55-33-37)43-9-4-2-5-10-43)28-40(30-41)18-16-38-22-26-50(56-34-38)44-11-6-3-7-12-44;/h2-9,11,13,20-22,24-31,33-35H,15-19,23H2,1H3;/q-3;+3/i1D3,15D2,16D2,17D2,18D2,19D2,20D,23D2,31D;. The number of nitrogens with zero attached hydrogens (tertiary/aromatic N) is 4. The van der Waals surface area contributed by atoms with Crippen LogP contribution in [0.15, 0.2) is 150 Å². The molecule has 0 aliphatic heterocycles. The van der Waals surface area contributed by atoms with Gasteiger partial charge in [0.1, 0.15) is 5.58 Å². The molecule has 6 heteroatoms. The summed E-state index contributed by atoms with van der Waals surface area (Å²) in [4.78, 5) is 13.0. The van der Waals surface area contributed by atoms with Crippen molar-refractivity contribution in [2.75, 3.05) is 0 Å². The number of nitriles is 1. The summed E-state index contributed by atoms with van der Waals surface area (Å²) >= 11 is 0. The van der Waals surface area contributed by atoms with Crippen LogP contribution in [0.5, 0.6) is 0 Å². The smallest absolute Gasteiger partial charge is 0.501 e. The largest absolute Gasteiger partial charge is 3.00 e. The number of pyridine rings is 3. The molecule has 0 saturated carbocycles. The molecule has 5 nitrogen and oxygen atoms in total. The Kier molecular flexibility index (Phi) is 7.24. The molecule has 0 aliphatic rings. The Morgan fingerprint density at radius 1 is 0.644 bits per heavy atom. The Hall–Kier alpha value is -6.51. The van der Waals surface area contributed by atoms with Crippen molar-refractivity contribution in [2.45, 2.75) is 45.1 Å². The third-order valence-electron chi connectivity index (χ3n) is 9.03. The molecular weight excluding hydrogens is 901 g/mol. The van der Waals surface area contributed by atoms with Gasteiger partial charge in [-0.15, -0.1) is 90.0 Å². The van der Waals surface area contributed by atoms with Crippen molar-refractivity contribution in [3.05, 3.63) is 209 Å². The van der Waals surface area contributed by atoms with E-state index in [4.69, 9.17) is 11.3 Å². The number of benzene rings is 5. The molecule has 0 atom stereocenters. The van der Waals surface area contributed by atoms with Crippen molar-refractivity contribution in [1.82, 2.24) is 15.0 Å². The van der Waals surface area contributed by atoms with Crippen LogP contribution in [0.25, 0.3) is 55.7 Å². The second-order valence-electron chi connectivity index (χ2n) is 12.9. The van der Waals surface area contributed by atoms with Gasteiger partial charge in [-0.2, -0.15) is 5.26 Å². The SMILES string of the molecule is [2H]c1cc2c(oc3c(-c4cc(C([2H])([2H])[2H])c(C([2H])([2H])C([2H])([2H])c5cc(C([2H])([2H])C([2H])([2H])c6ccc(-c7[c-]cccc7)nc6)cc(C([2H])([2H])C([2H])([2H])c6ccc(-c7[c-]cccc7)nc6)c5)cn4)[c-]ccc32)c([2H])c1C#N.[Ir+3]. The molecule has 0 amide bonds. The van der Waals surface area contributed by atoms with E-state index in [2.05, 4.69) is 33.2 Å². The van der Waals surface area contributed by atoms with Crippen molar-refractivity contribution in [2.24, 2.45) is 0 Å². The zero-order valence-electron chi connectivity index (χ0n) is 47.7. The van der Waals surface area contributed by atoms with Gasteiger partial charge in [0, 0.05) is 44.5 Å². The van der Waals surface area contributed by atoms with E-state index in [0.29, 0.717) is 33.3 Å². The van der Waals surface area contributed by atoms with Gasteiger partial charge in [-0.05, 0) is 108 Å². The fraction of sp³-hybridized carbons (Fsp3) is 0.132. The van der Waals surface area contributed by atoms with E-state index >= 15 is 0 Å². The Morgan fingerprint density at radius 2 is 1.25 bits per heavy atom. The van der Waals surface area contributed by atoms with Gasteiger partial charge >= 0.3 is 20.1 Å². The topological polar surface area (TPSA) is 75.6 Å². The molecule has 9 aromatic rings. The molecule has 0 N–H and O–H groups in total. The maximum absolute atomic E-state index is 9.59. The van der Waals surface area contributed by atoms with E-state index in [9.17, 15) is 21.7 Å². The van der Waals surface area contributed by atoms with E-state index in [1.807, 2.05) is 6.07 Å². The van der Waals surface area contributed by atoms with Gasteiger partial charge in [-0.25, -0.2) is 0 Å². The first kappa shape index (κ1) is 23.8. The molecule has 59 heavy (non-hydrogen) atoms. The summed E-state index contributed by atoms with van der Waals surface area (Å²) < 4.78 is 161. The maximum atomic E-state index is 9.59. The van der Waals surface area contributed by atoms with Gasteiger partial charge in [0.15, 0.2) is 0 Å². The molecule has 5 aromatic carbocycles. The van der Waals surface area contributed by atoms with Gasteiger partial charge in [-0.1, -0.05) is 71.1 Å². The number of aryl methyl sites for hydroxylation is 7. The van der Waals surface area contributed by atoms with Gasteiger partial charge in [0.2, 0.25) is 0 Å². The number of hydrogen-bond acceptors (Lipinski definition) is 5. The van der Waals surface area contributed by atoms with Crippen LogP contribution in [0, 0.1) is 36.4 Å². The summed E-state index contributed by atoms with van der Waals surface area (Å²) in [6.45, 7) is -3.17. The van der Waals surface area contributed by atoms with Crippen LogP contribution >= 0.6 is 0 Å². The van der Waals surface area contributed by atoms with Crippen LogP contribution in [0.3, 0.4) is 0 Å². The molecule has 0 unspecified atom stereocenters. The number of fused-ring (bicyclic) bond motifs is 3. The average molecular weight is 957 g/mol. The third-order valence-corrected chi connectivity index (χ3v) is 9.03. The quantitative estimate of drug-likeness (QED) is 0.114. The van der Waals surface area contributed by atoms with E-state index < -0.39 is 72.9 Å². The van der Waals surface area contributed by atoms with Crippen molar-refractivity contribution in [3.63, 3.8) is 0 Å². The summed E-state index contributed by atoms with van der Waals surface area (Å²) in [7, 11) is 0. The summed E-state index contributed by atoms with van der Waals surface area (Å²) in [5.74, 6) is 0. The van der Waals surface area contributed by atoms with Gasteiger partial charge in [0.25, 0.3) is 0 Å². The molecule has 0 radical (unpaired) electrons. The van der Waals surface area contributed by atoms with Crippen LogP contribution < -0.4 is 0 Å². The number of hydrogen-bond donors (Lipinski definition) is 0. The first-order chi connectivity index (χ1) is 35.1. The molecule has 0 spiro atoms.